The van der Waals surface area contributed by atoms with Gasteiger partial charge >= 0.3 is 0 Å². The summed E-state index contributed by atoms with van der Waals surface area (Å²) in [6, 6.07) is -0.0912. The summed E-state index contributed by atoms with van der Waals surface area (Å²) in [6.45, 7) is 6.59. The first-order valence-corrected chi connectivity index (χ1v) is 9.57. The number of piperidine rings is 1. The van der Waals surface area contributed by atoms with E-state index in [9.17, 15) is 9.59 Å². The average molecular weight is 398 g/mol. The van der Waals surface area contributed by atoms with Gasteiger partial charge in [-0.25, -0.2) is 14.4 Å². The second kappa shape index (κ2) is 7.31. The Bertz CT molecular complexity index is 1000. The average Bonchev–Trinajstić information content (AvgIpc) is 3.34. The predicted octanol–water partition coefficient (Wildman–Crippen LogP) is 1.78. The van der Waals surface area contributed by atoms with Crippen molar-refractivity contribution in [2.24, 2.45) is 0 Å². The topological polar surface area (TPSA) is 94.2 Å². The summed E-state index contributed by atoms with van der Waals surface area (Å²) in [4.78, 5) is 39.7. The number of halogens is 1. The Hall–Kier alpha value is -3.23. The lowest BCUT2D eigenvalue weighted by Crippen LogP contribution is -2.48. The molecule has 2 aliphatic rings. The van der Waals surface area contributed by atoms with E-state index in [1.165, 1.54) is 6.08 Å². The van der Waals surface area contributed by atoms with Gasteiger partial charge in [-0.1, -0.05) is 6.58 Å². The highest BCUT2D eigenvalue weighted by molar-refractivity contribution is 6.03. The van der Waals surface area contributed by atoms with E-state index in [2.05, 4.69) is 26.8 Å². The first-order valence-electron chi connectivity index (χ1n) is 9.57. The maximum absolute atomic E-state index is 15.4. The Balaban J connectivity index is 1.75. The molecule has 1 atom stereocenters. The zero-order chi connectivity index (χ0) is 20.7. The summed E-state index contributed by atoms with van der Waals surface area (Å²) in [5, 5.41) is 2.68. The molecule has 0 aliphatic carbocycles. The van der Waals surface area contributed by atoms with Crippen molar-refractivity contribution in [3.63, 3.8) is 0 Å². The number of nitrogens with one attached hydrogen (secondary N) is 2. The van der Waals surface area contributed by atoms with Gasteiger partial charge in [0, 0.05) is 44.5 Å². The van der Waals surface area contributed by atoms with Crippen molar-refractivity contribution >= 4 is 17.6 Å². The zero-order valence-corrected chi connectivity index (χ0v) is 16.5. The summed E-state index contributed by atoms with van der Waals surface area (Å²) in [6.07, 6.45) is 4.58. The number of anilines is 1. The molecule has 1 saturated heterocycles. The van der Waals surface area contributed by atoms with E-state index in [4.69, 9.17) is 0 Å². The Morgan fingerprint density at radius 3 is 2.93 bits per heavy atom. The zero-order valence-electron chi connectivity index (χ0n) is 16.5. The van der Waals surface area contributed by atoms with Gasteiger partial charge in [-0.2, -0.15) is 0 Å². The van der Waals surface area contributed by atoms with Crippen molar-refractivity contribution in [3.8, 4) is 11.4 Å². The van der Waals surface area contributed by atoms with Gasteiger partial charge in [0.25, 0.3) is 5.91 Å². The molecule has 29 heavy (non-hydrogen) atoms. The summed E-state index contributed by atoms with van der Waals surface area (Å²) >= 11 is 0. The molecule has 0 radical (unpaired) electrons. The molecule has 4 rings (SSSR count). The van der Waals surface area contributed by atoms with Crippen molar-refractivity contribution in [2.45, 2.75) is 32.4 Å². The molecule has 2 aromatic rings. The van der Waals surface area contributed by atoms with Gasteiger partial charge in [-0.15, -0.1) is 0 Å². The minimum atomic E-state index is -0.510. The van der Waals surface area contributed by atoms with E-state index in [0.29, 0.717) is 35.9 Å². The van der Waals surface area contributed by atoms with Crippen LogP contribution in [0.3, 0.4) is 0 Å². The molecule has 0 bridgehead atoms. The number of pyridine rings is 1. The highest BCUT2D eigenvalue weighted by Gasteiger charge is 2.34. The number of rotatable bonds is 4. The van der Waals surface area contributed by atoms with E-state index in [0.717, 1.165) is 12.8 Å². The second-order valence-electron chi connectivity index (χ2n) is 7.40. The van der Waals surface area contributed by atoms with E-state index in [-0.39, 0.29) is 35.8 Å². The molecule has 0 unspecified atom stereocenters. The third-order valence-corrected chi connectivity index (χ3v) is 5.58. The van der Waals surface area contributed by atoms with E-state index in [1.807, 2.05) is 0 Å². The number of amides is 2. The van der Waals surface area contributed by atoms with Crippen LogP contribution in [0.1, 0.15) is 34.6 Å². The number of carbonyl (C=O) groups is 2. The fourth-order valence-corrected chi connectivity index (χ4v) is 4.00. The number of hydrogen-bond donors (Lipinski definition) is 2. The van der Waals surface area contributed by atoms with Gasteiger partial charge in [0.1, 0.15) is 17.2 Å². The third-order valence-electron chi connectivity index (χ3n) is 5.58. The minimum absolute atomic E-state index is 0.0912. The molecule has 0 saturated carbocycles. The molecule has 4 heterocycles. The standard InChI is InChI=1S/C20H23FN6O2/c1-4-15(28)27-7-5-6-12(10-27)26(3)19-17(21)13-8-23-20(29)16(13)18(25-19)14-9-22-11(2)24-14/h4,9,12H,1,5-8,10H2,2-3H3,(H,22,24)(H,23,29)/t12-/m1/s1. The lowest BCUT2D eigenvalue weighted by atomic mass is 10.0. The number of imidazole rings is 1. The van der Waals surface area contributed by atoms with Crippen LogP contribution in [0.2, 0.25) is 0 Å². The molecule has 152 valence electrons. The molecule has 9 heteroatoms. The largest absolute Gasteiger partial charge is 0.352 e. The van der Waals surface area contributed by atoms with E-state index < -0.39 is 5.82 Å². The van der Waals surface area contributed by atoms with Gasteiger partial charge in [0.2, 0.25) is 5.91 Å². The number of carbonyl (C=O) groups excluding carboxylic acids is 2. The van der Waals surface area contributed by atoms with Crippen LogP contribution < -0.4 is 10.2 Å². The molecule has 1 fully saturated rings. The molecule has 2 aliphatic heterocycles. The van der Waals surface area contributed by atoms with Crippen LogP contribution in [0.5, 0.6) is 0 Å². The Labute approximate surface area is 167 Å². The Morgan fingerprint density at radius 2 is 2.24 bits per heavy atom. The maximum Gasteiger partial charge on any atom is 0.254 e. The van der Waals surface area contributed by atoms with Crippen LogP contribution in [0.4, 0.5) is 10.2 Å². The maximum atomic E-state index is 15.4. The molecule has 0 spiro atoms. The number of H-pyrrole nitrogens is 1. The van der Waals surface area contributed by atoms with Gasteiger partial charge < -0.3 is 20.1 Å². The minimum Gasteiger partial charge on any atom is -0.352 e. The van der Waals surface area contributed by atoms with Gasteiger partial charge in [0.15, 0.2) is 11.6 Å². The number of nitrogens with zero attached hydrogens (tertiary/aromatic N) is 4. The molecule has 2 aromatic heterocycles. The monoisotopic (exact) mass is 398 g/mol. The van der Waals surface area contributed by atoms with Crippen LogP contribution >= 0.6 is 0 Å². The van der Waals surface area contributed by atoms with Gasteiger partial charge in [0.05, 0.1) is 5.56 Å². The smallest absolute Gasteiger partial charge is 0.254 e. The first kappa shape index (κ1) is 19.1. The number of aromatic amines is 1. The molecular formula is C20H23FN6O2. The van der Waals surface area contributed by atoms with Crippen molar-refractivity contribution in [1.82, 2.24) is 25.2 Å². The fourth-order valence-electron chi connectivity index (χ4n) is 4.00. The van der Waals surface area contributed by atoms with Crippen LogP contribution in [0.25, 0.3) is 11.4 Å². The number of aryl methyl sites for hydroxylation is 1. The number of hydrogen-bond acceptors (Lipinski definition) is 5. The van der Waals surface area contributed by atoms with Crippen molar-refractivity contribution < 1.29 is 14.0 Å². The third kappa shape index (κ3) is 3.26. The lowest BCUT2D eigenvalue weighted by Gasteiger charge is -2.38. The first-order chi connectivity index (χ1) is 13.9. The summed E-state index contributed by atoms with van der Waals surface area (Å²) in [5.74, 6) is -0.151. The fraction of sp³-hybridized carbons (Fsp3) is 0.400. The van der Waals surface area contributed by atoms with E-state index in [1.54, 1.807) is 30.0 Å². The second-order valence-corrected chi connectivity index (χ2v) is 7.40. The molecule has 0 aromatic carbocycles. The number of likely N-dealkylation sites (tertiary alicyclic amines) is 1. The number of fused-ring (bicyclic) bond motifs is 1. The molecule has 8 nitrogen and oxygen atoms in total. The highest BCUT2D eigenvalue weighted by Crippen LogP contribution is 2.34. The molecule has 2 N–H and O–H groups in total. The van der Waals surface area contributed by atoms with Gasteiger partial charge in [-0.3, -0.25) is 9.59 Å². The van der Waals surface area contributed by atoms with Crippen molar-refractivity contribution in [2.75, 3.05) is 25.0 Å². The Morgan fingerprint density at radius 1 is 1.45 bits per heavy atom. The van der Waals surface area contributed by atoms with Crippen molar-refractivity contribution in [3.05, 3.63) is 41.6 Å². The normalized spacial score (nSPS) is 18.4. The summed E-state index contributed by atoms with van der Waals surface area (Å²) < 4.78 is 15.4. The van der Waals surface area contributed by atoms with Crippen LogP contribution in [-0.2, 0) is 11.3 Å². The summed E-state index contributed by atoms with van der Waals surface area (Å²) in [7, 11) is 1.77. The van der Waals surface area contributed by atoms with Crippen LogP contribution in [0.15, 0.2) is 18.9 Å². The van der Waals surface area contributed by atoms with Crippen molar-refractivity contribution in [1.29, 1.82) is 0 Å². The lowest BCUT2D eigenvalue weighted by molar-refractivity contribution is -0.127. The quantitative estimate of drug-likeness (QED) is 0.766. The number of likely N-dealkylation sites (N-methyl/N-ethyl adjacent to an activating group) is 1. The highest BCUT2D eigenvalue weighted by atomic mass is 19.1. The van der Waals surface area contributed by atoms with E-state index >= 15 is 4.39 Å². The predicted molar refractivity (Wildman–Crippen MR) is 106 cm³/mol. The van der Waals surface area contributed by atoms with Gasteiger partial charge in [-0.05, 0) is 25.8 Å². The Kier molecular flexibility index (Phi) is 4.81. The molecular weight excluding hydrogens is 375 g/mol. The number of aromatic nitrogens is 3. The van der Waals surface area contributed by atoms with Crippen LogP contribution in [0, 0.1) is 12.7 Å². The van der Waals surface area contributed by atoms with Crippen LogP contribution in [-0.4, -0.2) is 57.8 Å². The molecule has 2 amide bonds. The SMILES string of the molecule is C=CC(=O)N1CCC[C@@H](N(C)c2nc(-c3c[nH]c(C)n3)c3c(c2F)CNC3=O)C1. The summed E-state index contributed by atoms with van der Waals surface area (Å²) in [5.41, 5.74) is 1.39.